The summed E-state index contributed by atoms with van der Waals surface area (Å²) in [6.07, 6.45) is 0. The van der Waals surface area contributed by atoms with E-state index in [4.69, 9.17) is 179 Å². The van der Waals surface area contributed by atoms with Crippen molar-refractivity contribution in [3.8, 4) is 56.7 Å². The largest absolute Gasteiger partial charge is 2.00 e. The van der Waals surface area contributed by atoms with E-state index < -0.39 is 17.2 Å². The fraction of sp³-hybridized carbons (Fsp3) is 0.211. The van der Waals surface area contributed by atoms with Crippen LogP contribution in [-0.4, -0.2) is 17.2 Å². The van der Waals surface area contributed by atoms with Gasteiger partial charge in [-0.2, -0.15) is 0 Å². The van der Waals surface area contributed by atoms with Gasteiger partial charge in [-0.05, 0) is 239 Å². The number of nitrogens with zero attached hydrogens (tertiary/aromatic N) is 8. The van der Waals surface area contributed by atoms with Crippen LogP contribution in [0.1, 0.15) is 135 Å². The molecule has 0 unspecified atom stereocenters. The van der Waals surface area contributed by atoms with Gasteiger partial charge in [-0.25, -0.2) is 0 Å². The summed E-state index contributed by atoms with van der Waals surface area (Å²) in [4.78, 5) is 44.6. The molecular formula is C76H62Cl12N8Ni2. The molecule has 0 fully saturated rings. The molecule has 0 amide bonds. The molecule has 2 aliphatic heterocycles. The van der Waals surface area contributed by atoms with Gasteiger partial charge in [-0.15, -0.1) is 45.6 Å². The predicted octanol–water partition coefficient (Wildman–Crippen LogP) is 22.0. The molecule has 0 spiro atoms. The summed E-state index contributed by atoms with van der Waals surface area (Å²) in [7, 11) is 0. The van der Waals surface area contributed by atoms with E-state index >= 15 is 0 Å². The number of hydrogen-bond acceptors (Lipinski definition) is 0. The van der Waals surface area contributed by atoms with E-state index in [2.05, 4.69) is 217 Å². The summed E-state index contributed by atoms with van der Waals surface area (Å²) >= 11 is 57.7. The van der Waals surface area contributed by atoms with E-state index in [0.717, 1.165) is 193 Å². The Morgan fingerprint density at radius 1 is 0.224 bits per heavy atom. The first-order valence-corrected chi connectivity index (χ1v) is 35.4. The third-order valence-corrected chi connectivity index (χ3v) is 16.4. The van der Waals surface area contributed by atoms with Crippen LogP contribution in [0.3, 0.4) is 0 Å². The zero-order chi connectivity index (χ0) is 69.5. The van der Waals surface area contributed by atoms with Crippen LogP contribution in [0.4, 0.5) is 0 Å². The van der Waals surface area contributed by atoms with Crippen LogP contribution in [0.5, 0.6) is 0 Å². The molecule has 22 heteroatoms. The van der Waals surface area contributed by atoms with Crippen molar-refractivity contribution in [1.82, 2.24) is 39.9 Å². The summed E-state index contributed by atoms with van der Waals surface area (Å²) in [5, 5.41) is 0. The van der Waals surface area contributed by atoms with Gasteiger partial charge in [0.1, 0.15) is 0 Å². The molecule has 8 aromatic heterocycles. The second kappa shape index (κ2) is 33.5. The number of alkyl halides is 12. The molecule has 0 atom stereocenters. The van der Waals surface area contributed by atoms with E-state index in [9.17, 15) is 0 Å². The molecule has 16 bridgehead atoms. The van der Waals surface area contributed by atoms with Crippen LogP contribution >= 0.6 is 139 Å². The number of hydrogen-bond donors (Lipinski definition) is 0. The van der Waals surface area contributed by atoms with Crippen molar-refractivity contribution in [2.45, 2.75) is 100 Å². The molecule has 0 saturated carbocycles. The molecule has 10 heterocycles. The number of aromatic nitrogens is 8. The monoisotopic (exact) mass is 1620 g/mol. The second-order valence-electron chi connectivity index (χ2n) is 23.7. The standard InChI is InChI=1S/C72H58N8.4CHCl3.2Ni/c1-35-25-39(5)63(40(6)26-35)67-53-17-13-49(73-53)51-15-19-57(75-51)69(65-43(9)29-37(3)30-44(65)10)61-33-47(71(79-61)59-23-21-55(67)77-59)48-34-62-70(66-45(11)31-38(4)32-46(66)12)58-20-16-52(76-58)50-14-18-54(74-50)68(56-22-24-60(78-56)72(48)80-62)64-41(7)27-36(2)28-42(64)8;4*2-1(3)4;;/h13-34H,1-12H3;4*1H;;/q-4;;;;;2*+2. The van der Waals surface area contributed by atoms with E-state index in [-0.39, 0.29) is 33.0 Å². The fourth-order valence-corrected chi connectivity index (χ4v) is 13.6. The van der Waals surface area contributed by atoms with Gasteiger partial charge in [0.2, 0.25) is 0 Å². The third-order valence-electron chi connectivity index (χ3n) is 16.4. The minimum absolute atomic E-state index is 0. The summed E-state index contributed by atoms with van der Waals surface area (Å²) < 4.78 is -3.00. The van der Waals surface area contributed by atoms with Crippen molar-refractivity contribution in [1.29, 1.82) is 0 Å². The Morgan fingerprint density at radius 3 is 0.582 bits per heavy atom. The fourth-order valence-electron chi connectivity index (χ4n) is 13.6. The predicted molar refractivity (Wildman–Crippen MR) is 403 cm³/mol. The molecule has 0 radical (unpaired) electrons. The normalized spacial score (nSPS) is 12.0. The van der Waals surface area contributed by atoms with Crippen molar-refractivity contribution in [3.05, 3.63) is 292 Å². The Balaban J connectivity index is 0.000000618. The molecule has 0 aliphatic carbocycles. The van der Waals surface area contributed by atoms with Crippen molar-refractivity contribution >= 4 is 139 Å². The number of benzene rings is 4. The van der Waals surface area contributed by atoms with E-state index in [0.29, 0.717) is 0 Å². The molecule has 14 rings (SSSR count). The maximum absolute atomic E-state index is 5.81. The third kappa shape index (κ3) is 17.6. The number of fused-ring (bicyclic) bond motifs is 20. The van der Waals surface area contributed by atoms with Gasteiger partial charge < -0.3 is 39.9 Å². The minimum atomic E-state index is -0.750. The number of rotatable bonds is 5. The number of aryl methyl sites for hydroxylation is 12. The van der Waals surface area contributed by atoms with Gasteiger partial charge in [-0.3, -0.25) is 0 Å². The zero-order valence-electron chi connectivity index (χ0n) is 54.8. The van der Waals surface area contributed by atoms with Crippen LogP contribution in [0, 0.1) is 107 Å². The molecular weight excluding hydrogens is 1570 g/mol. The Labute approximate surface area is 654 Å². The summed E-state index contributed by atoms with van der Waals surface area (Å²) in [5.74, 6) is 3.83. The van der Waals surface area contributed by atoms with E-state index in [1.165, 1.54) is 22.3 Å². The Hall–Kier alpha value is -4.93. The molecule has 98 heavy (non-hydrogen) atoms. The summed E-state index contributed by atoms with van der Waals surface area (Å²) in [6.45, 7) is 26.1. The van der Waals surface area contributed by atoms with Crippen molar-refractivity contribution in [3.63, 3.8) is 0 Å². The summed E-state index contributed by atoms with van der Waals surface area (Å²) in [6, 6.07) is 47.9. The first-order valence-electron chi connectivity index (χ1n) is 30.2. The van der Waals surface area contributed by atoms with Gasteiger partial charge in [0.25, 0.3) is 0 Å². The van der Waals surface area contributed by atoms with E-state index in [1.807, 2.05) is 0 Å². The minimum Gasteiger partial charge on any atom is -0.644 e. The van der Waals surface area contributed by atoms with Crippen molar-refractivity contribution in [2.24, 2.45) is 0 Å². The molecule has 0 saturated heterocycles. The number of halogens is 12. The average molecular weight is 1630 g/mol. The SMILES string of the molecule is Cc1cc(C)c([C+]2c3ccc([n-]3)-c3ccc([n-]3)[C+](c3c(C)cc(C)cc3C)c3cc(-c4cc5[n-]c4-c4ccc([n-]4)[C+](c4c(C)cc(C)cc4C)c4ccc([n-]4)-c4ccc([n-]4)[C+]5c4c(C)cc(C)cc4C)c([n-]3)-c3ccc2[n-]3)c(C)c1.ClC(Cl)Cl.ClC(Cl)Cl.ClC(Cl)Cl.ClC(Cl)Cl.[Ni+2].[Ni+2]. The molecule has 4 aromatic carbocycles. The zero-order valence-corrected chi connectivity index (χ0v) is 65.8. The van der Waals surface area contributed by atoms with Gasteiger partial charge in [0, 0.05) is 79.3 Å². The maximum atomic E-state index is 5.81. The second-order valence-corrected chi connectivity index (χ2v) is 31.6. The topological polar surface area (TPSA) is 113 Å². The Bertz CT molecular complexity index is 4310. The van der Waals surface area contributed by atoms with Crippen LogP contribution in [0.25, 0.3) is 56.7 Å². The first-order chi connectivity index (χ1) is 45.5. The van der Waals surface area contributed by atoms with Crippen LogP contribution in [0.15, 0.2) is 133 Å². The first kappa shape index (κ1) is 78.8. The van der Waals surface area contributed by atoms with Gasteiger partial charge in [0.15, 0.2) is 17.2 Å². The van der Waals surface area contributed by atoms with Crippen molar-refractivity contribution < 1.29 is 33.0 Å². The van der Waals surface area contributed by atoms with E-state index in [1.54, 1.807) is 0 Å². The molecule has 8 nitrogen and oxygen atoms in total. The molecule has 12 aromatic rings. The quantitative estimate of drug-likeness (QED) is 0.0951. The van der Waals surface area contributed by atoms with Gasteiger partial charge in [0.05, 0.1) is 22.3 Å². The molecule has 510 valence electrons. The molecule has 0 N–H and O–H groups in total. The average Bonchev–Trinajstić information content (AvgIpc) is 1.58. The van der Waals surface area contributed by atoms with Crippen molar-refractivity contribution in [2.75, 3.05) is 0 Å². The van der Waals surface area contributed by atoms with Crippen LogP contribution in [-0.2, 0) is 33.0 Å². The van der Waals surface area contributed by atoms with Crippen LogP contribution in [0.2, 0.25) is 0 Å². The summed E-state index contributed by atoms with van der Waals surface area (Å²) in [5.41, 5.74) is 32.9. The van der Waals surface area contributed by atoms with Gasteiger partial charge in [-0.1, -0.05) is 185 Å². The Kier molecular flexibility index (Phi) is 26.9. The smallest absolute Gasteiger partial charge is 0.644 e. The van der Waals surface area contributed by atoms with Crippen LogP contribution < -0.4 is 39.9 Å². The Morgan fingerprint density at radius 2 is 0.388 bits per heavy atom. The molecule has 2 aliphatic rings. The van der Waals surface area contributed by atoms with Gasteiger partial charge >= 0.3 is 33.0 Å². The maximum Gasteiger partial charge on any atom is 2.00 e.